The molecular formula is C28H33ClN4O4. The summed E-state index contributed by atoms with van der Waals surface area (Å²) in [4.78, 5) is 33.8. The summed E-state index contributed by atoms with van der Waals surface area (Å²) in [6.07, 6.45) is 0.431. The van der Waals surface area contributed by atoms with Gasteiger partial charge in [0, 0.05) is 48.7 Å². The Hall–Kier alpha value is -3.20. The number of nitrogens with zero attached hydrogens (tertiary/aromatic N) is 3. The van der Waals surface area contributed by atoms with E-state index < -0.39 is 5.60 Å². The lowest BCUT2D eigenvalue weighted by Crippen LogP contribution is -2.55. The van der Waals surface area contributed by atoms with Crippen LogP contribution < -0.4 is 5.73 Å². The molecule has 0 spiro atoms. The van der Waals surface area contributed by atoms with Crippen LogP contribution in [0.15, 0.2) is 48.5 Å². The van der Waals surface area contributed by atoms with Crippen molar-refractivity contribution in [3.63, 3.8) is 0 Å². The van der Waals surface area contributed by atoms with Gasteiger partial charge in [0.15, 0.2) is 0 Å². The van der Waals surface area contributed by atoms with Gasteiger partial charge in [-0.2, -0.15) is 0 Å². The van der Waals surface area contributed by atoms with Gasteiger partial charge in [-0.25, -0.2) is 9.78 Å². The summed E-state index contributed by atoms with van der Waals surface area (Å²) < 4.78 is 5.26. The maximum Gasteiger partial charge on any atom is 0.410 e. The number of carbonyl (C=O) groups excluding carboxylic acids is 2. The molecule has 1 aromatic heterocycles. The molecule has 1 aliphatic heterocycles. The molecule has 8 nitrogen and oxygen atoms in total. The standard InChI is InChI=1S/C28H33ClN4O4/c1-4-13-37-27(35)33-12-11-32(16-18(33)2)26(34)20-7-10-22-23(29)15-24(31-25(22)14-20)19-5-8-21(9-6-19)28(3,36)17-30/h5-10,14-15,18,36H,4,11-13,16-17,30H2,1-3H3/t18-,28?/m0/s1. The van der Waals surface area contributed by atoms with Crippen LogP contribution in [0.5, 0.6) is 0 Å². The van der Waals surface area contributed by atoms with E-state index in [0.717, 1.165) is 17.4 Å². The fourth-order valence-electron chi connectivity index (χ4n) is 4.45. The third-order valence-corrected chi connectivity index (χ3v) is 7.10. The van der Waals surface area contributed by atoms with Crippen LogP contribution in [0.4, 0.5) is 4.79 Å². The minimum atomic E-state index is -1.11. The first-order valence-electron chi connectivity index (χ1n) is 12.5. The fourth-order valence-corrected chi connectivity index (χ4v) is 4.72. The predicted octanol–water partition coefficient (Wildman–Crippen LogP) is 4.41. The van der Waals surface area contributed by atoms with Crippen molar-refractivity contribution >= 4 is 34.5 Å². The van der Waals surface area contributed by atoms with Crippen molar-refractivity contribution in [3.8, 4) is 11.3 Å². The van der Waals surface area contributed by atoms with Gasteiger partial charge in [0.2, 0.25) is 0 Å². The van der Waals surface area contributed by atoms with Crippen LogP contribution in [0.2, 0.25) is 5.02 Å². The van der Waals surface area contributed by atoms with Gasteiger partial charge in [-0.15, -0.1) is 0 Å². The van der Waals surface area contributed by atoms with Gasteiger partial charge in [-0.3, -0.25) is 4.79 Å². The molecule has 2 atom stereocenters. The molecule has 37 heavy (non-hydrogen) atoms. The zero-order valence-electron chi connectivity index (χ0n) is 21.4. The molecular weight excluding hydrogens is 492 g/mol. The van der Waals surface area contributed by atoms with Gasteiger partial charge < -0.3 is 25.4 Å². The molecule has 2 aromatic carbocycles. The van der Waals surface area contributed by atoms with Crippen LogP contribution in [0.25, 0.3) is 22.2 Å². The Morgan fingerprint density at radius 3 is 2.57 bits per heavy atom. The normalized spacial score (nSPS) is 17.5. The quantitative estimate of drug-likeness (QED) is 0.494. The number of pyridine rings is 1. The minimum absolute atomic E-state index is 0.111. The molecule has 0 saturated carbocycles. The van der Waals surface area contributed by atoms with Crippen LogP contribution in [-0.2, 0) is 10.3 Å². The number of hydrogen-bond donors (Lipinski definition) is 2. The maximum absolute atomic E-state index is 13.3. The zero-order chi connectivity index (χ0) is 26.7. The second-order valence-electron chi connectivity index (χ2n) is 9.68. The average Bonchev–Trinajstić information content (AvgIpc) is 2.90. The number of aliphatic hydroxyl groups is 1. The number of rotatable bonds is 6. The molecule has 0 aliphatic carbocycles. The van der Waals surface area contributed by atoms with Crippen molar-refractivity contribution in [2.24, 2.45) is 5.73 Å². The third-order valence-electron chi connectivity index (χ3n) is 6.79. The Balaban J connectivity index is 1.55. The SMILES string of the molecule is CCCOC(=O)N1CCN(C(=O)c2ccc3c(Cl)cc(-c4ccc(C(C)(O)CN)cc4)nc3c2)C[C@@H]1C. The minimum Gasteiger partial charge on any atom is -0.449 e. The molecule has 3 N–H and O–H groups in total. The molecule has 2 heterocycles. The second-order valence-corrected chi connectivity index (χ2v) is 10.1. The number of hydrogen-bond acceptors (Lipinski definition) is 6. The molecule has 196 valence electrons. The van der Waals surface area contributed by atoms with Crippen LogP contribution >= 0.6 is 11.6 Å². The molecule has 0 bridgehead atoms. The molecule has 1 fully saturated rings. The highest BCUT2D eigenvalue weighted by molar-refractivity contribution is 6.35. The first-order valence-corrected chi connectivity index (χ1v) is 12.9. The monoisotopic (exact) mass is 524 g/mol. The van der Waals surface area contributed by atoms with E-state index in [9.17, 15) is 14.7 Å². The van der Waals surface area contributed by atoms with Gasteiger partial charge in [-0.05, 0) is 44.0 Å². The lowest BCUT2D eigenvalue weighted by atomic mass is 9.94. The van der Waals surface area contributed by atoms with Gasteiger partial charge in [0.1, 0.15) is 0 Å². The van der Waals surface area contributed by atoms with E-state index in [2.05, 4.69) is 0 Å². The topological polar surface area (TPSA) is 109 Å². The largest absolute Gasteiger partial charge is 0.449 e. The van der Waals surface area contributed by atoms with Crippen molar-refractivity contribution in [2.75, 3.05) is 32.8 Å². The van der Waals surface area contributed by atoms with Gasteiger partial charge >= 0.3 is 6.09 Å². The molecule has 1 saturated heterocycles. The maximum atomic E-state index is 13.3. The summed E-state index contributed by atoms with van der Waals surface area (Å²) >= 11 is 6.58. The third kappa shape index (κ3) is 5.71. The summed E-state index contributed by atoms with van der Waals surface area (Å²) in [5.41, 5.74) is 7.89. The summed E-state index contributed by atoms with van der Waals surface area (Å²) in [6.45, 7) is 7.30. The summed E-state index contributed by atoms with van der Waals surface area (Å²) in [5.74, 6) is -0.119. The highest BCUT2D eigenvalue weighted by atomic mass is 35.5. The number of carbonyl (C=O) groups is 2. The molecule has 9 heteroatoms. The summed E-state index contributed by atoms with van der Waals surface area (Å²) in [7, 11) is 0. The Kier molecular flexibility index (Phi) is 8.02. The Labute approximate surface area is 222 Å². The molecule has 3 aromatic rings. The Bertz CT molecular complexity index is 1300. The van der Waals surface area contributed by atoms with E-state index >= 15 is 0 Å². The fraction of sp³-hybridized carbons (Fsp3) is 0.393. The lowest BCUT2D eigenvalue weighted by Gasteiger charge is -2.39. The number of nitrogens with two attached hydrogens (primary N) is 1. The highest BCUT2D eigenvalue weighted by Crippen LogP contribution is 2.30. The highest BCUT2D eigenvalue weighted by Gasteiger charge is 2.31. The van der Waals surface area contributed by atoms with Crippen LogP contribution in [0.1, 0.15) is 43.1 Å². The molecule has 1 aliphatic rings. The zero-order valence-corrected chi connectivity index (χ0v) is 22.2. The number of piperazine rings is 1. The van der Waals surface area contributed by atoms with Crippen LogP contribution in [-0.4, -0.2) is 70.7 Å². The van der Waals surface area contributed by atoms with Crippen molar-refractivity contribution in [1.29, 1.82) is 0 Å². The summed E-state index contributed by atoms with van der Waals surface area (Å²) in [5, 5.41) is 11.7. The first kappa shape index (κ1) is 26.9. The number of amides is 2. The lowest BCUT2D eigenvalue weighted by molar-refractivity contribution is 0.0412. The van der Waals surface area contributed by atoms with Gasteiger partial charge in [-0.1, -0.05) is 48.9 Å². The smallest absolute Gasteiger partial charge is 0.410 e. The van der Waals surface area contributed by atoms with Gasteiger partial charge in [0.05, 0.1) is 28.4 Å². The van der Waals surface area contributed by atoms with E-state index in [-0.39, 0.29) is 24.6 Å². The van der Waals surface area contributed by atoms with E-state index in [1.165, 1.54) is 0 Å². The van der Waals surface area contributed by atoms with Crippen molar-refractivity contribution < 1.29 is 19.4 Å². The molecule has 2 amide bonds. The molecule has 1 unspecified atom stereocenters. The second kappa shape index (κ2) is 11.0. The van der Waals surface area contributed by atoms with E-state index in [0.29, 0.717) is 53.6 Å². The van der Waals surface area contributed by atoms with Crippen molar-refractivity contribution in [1.82, 2.24) is 14.8 Å². The number of ether oxygens (including phenoxy) is 1. The predicted molar refractivity (Wildman–Crippen MR) is 145 cm³/mol. The van der Waals surface area contributed by atoms with E-state index in [1.54, 1.807) is 34.9 Å². The van der Waals surface area contributed by atoms with E-state index in [4.69, 9.17) is 27.1 Å². The molecule has 4 rings (SSSR count). The van der Waals surface area contributed by atoms with Crippen LogP contribution in [0.3, 0.4) is 0 Å². The Morgan fingerprint density at radius 1 is 1.19 bits per heavy atom. The number of fused-ring (bicyclic) bond motifs is 1. The number of benzene rings is 2. The number of halogens is 1. The molecule has 0 radical (unpaired) electrons. The first-order chi connectivity index (χ1) is 17.6. The van der Waals surface area contributed by atoms with E-state index in [1.807, 2.05) is 44.2 Å². The van der Waals surface area contributed by atoms with Crippen molar-refractivity contribution in [3.05, 3.63) is 64.7 Å². The number of aromatic nitrogens is 1. The van der Waals surface area contributed by atoms with Crippen molar-refractivity contribution in [2.45, 2.75) is 38.8 Å². The van der Waals surface area contributed by atoms with Crippen LogP contribution in [0, 0.1) is 0 Å². The van der Waals surface area contributed by atoms with Gasteiger partial charge in [0.25, 0.3) is 5.91 Å². The average molecular weight is 525 g/mol. The Morgan fingerprint density at radius 2 is 1.92 bits per heavy atom. The summed E-state index contributed by atoms with van der Waals surface area (Å²) in [6, 6.07) is 14.3.